The first-order valence-electron chi connectivity index (χ1n) is 10.3. The lowest BCUT2D eigenvalue weighted by Crippen LogP contribution is -2.25. The number of benzene rings is 2. The molecule has 1 aliphatic rings. The van der Waals surface area contributed by atoms with E-state index in [0.717, 1.165) is 36.1 Å². The Hall–Kier alpha value is -2.82. The normalized spacial score (nSPS) is 13.8. The molecule has 5 heteroatoms. The first-order valence-corrected chi connectivity index (χ1v) is 10.3. The smallest absolute Gasteiger partial charge is 0.337 e. The maximum atomic E-state index is 12.1. The standard InChI is InChI=1S/C24H29NO4/c1-28-24(27)20-12-9-18(10-13-20)15-16-25-23(26)14-11-19-5-4-8-22(17-19)29-21-6-2-3-7-21/h4-5,8-10,12-13,17,21H,2-3,6-7,11,14-16H2,1H3,(H,25,26). The molecule has 0 bridgehead atoms. The van der Waals surface area contributed by atoms with Crippen molar-refractivity contribution >= 4 is 11.9 Å². The zero-order chi connectivity index (χ0) is 20.5. The summed E-state index contributed by atoms with van der Waals surface area (Å²) in [5.41, 5.74) is 2.71. The monoisotopic (exact) mass is 395 g/mol. The predicted octanol–water partition coefficient (Wildman–Crippen LogP) is 4.09. The Morgan fingerprint density at radius 3 is 2.48 bits per heavy atom. The average molecular weight is 395 g/mol. The van der Waals surface area contributed by atoms with Crippen LogP contribution in [0.25, 0.3) is 0 Å². The first-order chi connectivity index (χ1) is 14.1. The van der Waals surface area contributed by atoms with Crippen LogP contribution < -0.4 is 10.1 Å². The number of aryl methyl sites for hydroxylation is 1. The van der Waals surface area contributed by atoms with Crippen LogP contribution in [-0.4, -0.2) is 31.6 Å². The van der Waals surface area contributed by atoms with E-state index >= 15 is 0 Å². The van der Waals surface area contributed by atoms with Gasteiger partial charge in [0, 0.05) is 13.0 Å². The molecule has 29 heavy (non-hydrogen) atoms. The molecule has 0 spiro atoms. The Balaban J connectivity index is 1.38. The van der Waals surface area contributed by atoms with E-state index < -0.39 is 0 Å². The van der Waals surface area contributed by atoms with Crippen LogP contribution in [0.15, 0.2) is 48.5 Å². The Labute approximate surface area is 172 Å². The maximum Gasteiger partial charge on any atom is 0.337 e. The molecule has 0 unspecified atom stereocenters. The zero-order valence-corrected chi connectivity index (χ0v) is 17.0. The van der Waals surface area contributed by atoms with Crippen LogP contribution in [0.3, 0.4) is 0 Å². The molecular weight excluding hydrogens is 366 g/mol. The first kappa shape index (κ1) is 20.9. The molecule has 2 aromatic carbocycles. The minimum absolute atomic E-state index is 0.0401. The fraction of sp³-hybridized carbons (Fsp3) is 0.417. The molecule has 0 heterocycles. The van der Waals surface area contributed by atoms with Crippen LogP contribution in [0.5, 0.6) is 5.75 Å². The summed E-state index contributed by atoms with van der Waals surface area (Å²) in [6.45, 7) is 0.571. The highest BCUT2D eigenvalue weighted by atomic mass is 16.5. The number of hydrogen-bond acceptors (Lipinski definition) is 4. The van der Waals surface area contributed by atoms with Crippen LogP contribution in [0, 0.1) is 0 Å². The Kier molecular flexibility index (Phi) is 7.68. The lowest BCUT2D eigenvalue weighted by Gasteiger charge is -2.13. The quantitative estimate of drug-likeness (QED) is 0.650. The second-order valence-electron chi connectivity index (χ2n) is 7.46. The van der Waals surface area contributed by atoms with Crippen molar-refractivity contribution in [3.63, 3.8) is 0 Å². The van der Waals surface area contributed by atoms with E-state index in [9.17, 15) is 9.59 Å². The van der Waals surface area contributed by atoms with Gasteiger partial charge in [0.2, 0.25) is 5.91 Å². The summed E-state index contributed by atoms with van der Waals surface area (Å²) >= 11 is 0. The molecule has 1 aliphatic carbocycles. The highest BCUT2D eigenvalue weighted by Crippen LogP contribution is 2.24. The van der Waals surface area contributed by atoms with Gasteiger partial charge >= 0.3 is 5.97 Å². The molecule has 154 valence electrons. The maximum absolute atomic E-state index is 12.1. The van der Waals surface area contributed by atoms with Gasteiger partial charge in [-0.15, -0.1) is 0 Å². The van der Waals surface area contributed by atoms with Crippen molar-refractivity contribution in [3.05, 3.63) is 65.2 Å². The van der Waals surface area contributed by atoms with Crippen molar-refractivity contribution in [1.29, 1.82) is 0 Å². The minimum Gasteiger partial charge on any atom is -0.490 e. The SMILES string of the molecule is COC(=O)c1ccc(CCNC(=O)CCc2cccc(OC3CCCC3)c2)cc1. The molecular formula is C24H29NO4. The van der Waals surface area contributed by atoms with Crippen molar-refractivity contribution < 1.29 is 19.1 Å². The highest BCUT2D eigenvalue weighted by Gasteiger charge is 2.16. The molecule has 2 aromatic rings. The molecule has 0 aromatic heterocycles. The number of methoxy groups -OCH3 is 1. The Bertz CT molecular complexity index is 810. The van der Waals surface area contributed by atoms with Crippen molar-refractivity contribution in [1.82, 2.24) is 5.32 Å². The summed E-state index contributed by atoms with van der Waals surface area (Å²) in [5, 5.41) is 2.96. The fourth-order valence-electron chi connectivity index (χ4n) is 3.59. The molecule has 3 rings (SSSR count). The van der Waals surface area contributed by atoms with E-state index in [4.69, 9.17) is 4.74 Å². The number of amides is 1. The van der Waals surface area contributed by atoms with E-state index in [1.54, 1.807) is 12.1 Å². The largest absolute Gasteiger partial charge is 0.490 e. The van der Waals surface area contributed by atoms with Gasteiger partial charge in [0.15, 0.2) is 0 Å². The van der Waals surface area contributed by atoms with Crippen LogP contribution in [0.1, 0.15) is 53.6 Å². The van der Waals surface area contributed by atoms with Gasteiger partial charge in [-0.3, -0.25) is 4.79 Å². The van der Waals surface area contributed by atoms with Gasteiger partial charge in [-0.25, -0.2) is 4.79 Å². The zero-order valence-electron chi connectivity index (χ0n) is 17.0. The van der Waals surface area contributed by atoms with Gasteiger partial charge < -0.3 is 14.8 Å². The topological polar surface area (TPSA) is 64.6 Å². The highest BCUT2D eigenvalue weighted by molar-refractivity contribution is 5.89. The van der Waals surface area contributed by atoms with E-state index in [1.807, 2.05) is 30.3 Å². The van der Waals surface area contributed by atoms with Crippen molar-refractivity contribution in [3.8, 4) is 5.75 Å². The second-order valence-corrected chi connectivity index (χ2v) is 7.46. The van der Waals surface area contributed by atoms with Crippen LogP contribution in [-0.2, 0) is 22.4 Å². The molecule has 5 nitrogen and oxygen atoms in total. The number of ether oxygens (including phenoxy) is 2. The number of nitrogens with one attached hydrogen (secondary N) is 1. The lowest BCUT2D eigenvalue weighted by molar-refractivity contribution is -0.121. The van der Waals surface area contributed by atoms with Gasteiger partial charge in [-0.2, -0.15) is 0 Å². The molecule has 1 saturated carbocycles. The molecule has 1 N–H and O–H groups in total. The van der Waals surface area contributed by atoms with E-state index in [2.05, 4.69) is 16.1 Å². The third-order valence-corrected chi connectivity index (χ3v) is 5.26. The Morgan fingerprint density at radius 1 is 1.00 bits per heavy atom. The van der Waals surface area contributed by atoms with Crippen LogP contribution in [0.2, 0.25) is 0 Å². The van der Waals surface area contributed by atoms with E-state index in [0.29, 0.717) is 31.1 Å². The molecule has 1 amide bonds. The summed E-state index contributed by atoms with van der Waals surface area (Å²) in [5.74, 6) is 0.603. The lowest BCUT2D eigenvalue weighted by atomic mass is 10.1. The molecule has 0 atom stereocenters. The molecule has 0 aliphatic heterocycles. The number of carbonyl (C=O) groups is 2. The van der Waals surface area contributed by atoms with E-state index in [1.165, 1.54) is 20.0 Å². The summed E-state index contributed by atoms with van der Waals surface area (Å²) in [6, 6.07) is 15.3. The number of rotatable bonds is 9. The van der Waals surface area contributed by atoms with Crippen molar-refractivity contribution in [2.75, 3.05) is 13.7 Å². The fourth-order valence-corrected chi connectivity index (χ4v) is 3.59. The summed E-state index contributed by atoms with van der Waals surface area (Å²) in [6.07, 6.45) is 6.99. The summed E-state index contributed by atoms with van der Waals surface area (Å²) in [4.78, 5) is 23.6. The average Bonchev–Trinajstić information content (AvgIpc) is 3.25. The third-order valence-electron chi connectivity index (χ3n) is 5.26. The van der Waals surface area contributed by atoms with Gasteiger partial charge in [0.05, 0.1) is 18.8 Å². The molecule has 0 radical (unpaired) electrons. The predicted molar refractivity (Wildman–Crippen MR) is 112 cm³/mol. The number of esters is 1. The van der Waals surface area contributed by atoms with Crippen LogP contribution in [0.4, 0.5) is 0 Å². The van der Waals surface area contributed by atoms with E-state index in [-0.39, 0.29) is 11.9 Å². The van der Waals surface area contributed by atoms with Gasteiger partial charge in [0.25, 0.3) is 0 Å². The van der Waals surface area contributed by atoms with Gasteiger partial charge in [0.1, 0.15) is 5.75 Å². The van der Waals surface area contributed by atoms with Gasteiger partial charge in [-0.1, -0.05) is 24.3 Å². The number of carbonyl (C=O) groups excluding carboxylic acids is 2. The minimum atomic E-state index is -0.345. The third kappa shape index (κ3) is 6.63. The van der Waals surface area contributed by atoms with Crippen molar-refractivity contribution in [2.45, 2.75) is 51.0 Å². The Morgan fingerprint density at radius 2 is 1.76 bits per heavy atom. The van der Waals surface area contributed by atoms with Crippen LogP contribution >= 0.6 is 0 Å². The molecule has 0 saturated heterocycles. The van der Waals surface area contributed by atoms with Crippen molar-refractivity contribution in [2.24, 2.45) is 0 Å². The summed E-state index contributed by atoms with van der Waals surface area (Å²) in [7, 11) is 1.37. The summed E-state index contributed by atoms with van der Waals surface area (Å²) < 4.78 is 10.7. The second kappa shape index (κ2) is 10.6. The number of hydrogen-bond donors (Lipinski definition) is 1. The van der Waals surface area contributed by atoms with Gasteiger partial charge in [-0.05, 0) is 73.9 Å². The molecule has 1 fully saturated rings.